The van der Waals surface area contributed by atoms with Gasteiger partial charge < -0.3 is 14.6 Å². The minimum atomic E-state index is -0.220. The Morgan fingerprint density at radius 2 is 1.86 bits per heavy atom. The van der Waals surface area contributed by atoms with E-state index in [0.29, 0.717) is 18.7 Å². The Hall–Kier alpha value is -3.34. The molecule has 0 aliphatic carbocycles. The molecule has 1 aliphatic rings. The zero-order chi connectivity index (χ0) is 20.2. The van der Waals surface area contributed by atoms with E-state index in [9.17, 15) is 9.59 Å². The van der Waals surface area contributed by atoms with E-state index in [1.165, 1.54) is 18.1 Å². The number of carbonyl (C=O) groups excluding carboxylic acids is 2. The van der Waals surface area contributed by atoms with Crippen molar-refractivity contribution in [1.29, 1.82) is 0 Å². The summed E-state index contributed by atoms with van der Waals surface area (Å²) in [5, 5.41) is 3.04. The quantitative estimate of drug-likeness (QED) is 0.702. The van der Waals surface area contributed by atoms with Gasteiger partial charge in [-0.3, -0.25) is 9.59 Å². The average Bonchev–Trinajstić information content (AvgIpc) is 3.28. The van der Waals surface area contributed by atoms with Crippen LogP contribution in [0, 0.1) is 12.8 Å². The zero-order valence-corrected chi connectivity index (χ0v) is 16.4. The van der Waals surface area contributed by atoms with Gasteiger partial charge in [-0.1, -0.05) is 42.0 Å². The number of furan rings is 1. The molecule has 29 heavy (non-hydrogen) atoms. The SMILES string of the molecule is Cc1cccc(-c2cccc(NC(=O)C3CCCN(C(=O)c4ccoc4)C3)c2)c1. The minimum Gasteiger partial charge on any atom is -0.472 e. The zero-order valence-electron chi connectivity index (χ0n) is 16.4. The van der Waals surface area contributed by atoms with Crippen LogP contribution in [-0.2, 0) is 4.79 Å². The van der Waals surface area contributed by atoms with Crippen molar-refractivity contribution in [3.8, 4) is 11.1 Å². The molecule has 0 radical (unpaired) electrons. The summed E-state index contributed by atoms with van der Waals surface area (Å²) in [6.45, 7) is 3.15. The molecule has 2 heterocycles. The molecule has 5 nitrogen and oxygen atoms in total. The number of aryl methyl sites for hydroxylation is 1. The average molecular weight is 388 g/mol. The molecule has 1 aliphatic heterocycles. The molecule has 2 amide bonds. The lowest BCUT2D eigenvalue weighted by Gasteiger charge is -2.31. The summed E-state index contributed by atoms with van der Waals surface area (Å²) in [7, 11) is 0. The summed E-state index contributed by atoms with van der Waals surface area (Å²) in [6.07, 6.45) is 4.52. The van der Waals surface area contributed by atoms with E-state index < -0.39 is 0 Å². The standard InChI is InChI=1S/C24H24N2O3/c1-17-5-2-6-18(13-17)19-7-3-9-22(14-19)25-23(27)20-8-4-11-26(15-20)24(28)21-10-12-29-16-21/h2-3,5-7,9-10,12-14,16,20H,4,8,11,15H2,1H3,(H,25,27). The molecule has 1 unspecified atom stereocenters. The third-order valence-corrected chi connectivity index (χ3v) is 5.33. The van der Waals surface area contributed by atoms with Crippen LogP contribution in [0.2, 0.25) is 0 Å². The number of hydrogen-bond donors (Lipinski definition) is 1. The first kappa shape index (κ1) is 19.0. The van der Waals surface area contributed by atoms with Gasteiger partial charge in [-0.15, -0.1) is 0 Å². The van der Waals surface area contributed by atoms with Crippen LogP contribution < -0.4 is 5.32 Å². The fourth-order valence-corrected chi connectivity index (χ4v) is 3.79. The van der Waals surface area contributed by atoms with Gasteiger partial charge in [0.05, 0.1) is 17.7 Å². The maximum absolute atomic E-state index is 12.9. The first-order chi connectivity index (χ1) is 14.1. The molecule has 0 spiro atoms. The van der Waals surface area contributed by atoms with Crippen molar-refractivity contribution in [3.63, 3.8) is 0 Å². The summed E-state index contributed by atoms with van der Waals surface area (Å²) in [6, 6.07) is 17.8. The molecule has 0 saturated carbocycles. The van der Waals surface area contributed by atoms with Crippen LogP contribution in [0.4, 0.5) is 5.69 Å². The predicted molar refractivity (Wildman–Crippen MR) is 113 cm³/mol. The third kappa shape index (κ3) is 4.40. The molecule has 2 aromatic carbocycles. The number of anilines is 1. The molecule has 1 atom stereocenters. The first-order valence-corrected chi connectivity index (χ1v) is 9.89. The lowest BCUT2D eigenvalue weighted by Crippen LogP contribution is -2.43. The van der Waals surface area contributed by atoms with Gasteiger partial charge in [0, 0.05) is 18.8 Å². The number of nitrogens with one attached hydrogen (secondary N) is 1. The number of hydrogen-bond acceptors (Lipinski definition) is 3. The van der Waals surface area contributed by atoms with Gasteiger partial charge in [0.1, 0.15) is 6.26 Å². The molecule has 0 bridgehead atoms. The van der Waals surface area contributed by atoms with Crippen molar-refractivity contribution < 1.29 is 14.0 Å². The van der Waals surface area contributed by atoms with E-state index in [0.717, 1.165) is 29.7 Å². The van der Waals surface area contributed by atoms with E-state index in [1.807, 2.05) is 30.3 Å². The van der Waals surface area contributed by atoms with E-state index >= 15 is 0 Å². The van der Waals surface area contributed by atoms with Gasteiger partial charge in [0.25, 0.3) is 5.91 Å². The Kier molecular flexibility index (Phi) is 5.47. The monoisotopic (exact) mass is 388 g/mol. The Morgan fingerprint density at radius 1 is 1.07 bits per heavy atom. The summed E-state index contributed by atoms with van der Waals surface area (Å²) < 4.78 is 5.01. The number of carbonyl (C=O) groups is 2. The second-order valence-corrected chi connectivity index (χ2v) is 7.54. The summed E-state index contributed by atoms with van der Waals surface area (Å²) >= 11 is 0. The fourth-order valence-electron chi connectivity index (χ4n) is 3.79. The topological polar surface area (TPSA) is 62.6 Å². The van der Waals surface area contributed by atoms with Gasteiger partial charge >= 0.3 is 0 Å². The number of piperidine rings is 1. The Bertz CT molecular complexity index is 1010. The van der Waals surface area contributed by atoms with Crippen LogP contribution in [0.25, 0.3) is 11.1 Å². The lowest BCUT2D eigenvalue weighted by atomic mass is 9.96. The molecule has 4 rings (SSSR count). The highest BCUT2D eigenvalue weighted by molar-refractivity contribution is 5.96. The Labute approximate surface area is 170 Å². The van der Waals surface area contributed by atoms with Crippen molar-refractivity contribution >= 4 is 17.5 Å². The molecular weight excluding hydrogens is 364 g/mol. The summed E-state index contributed by atoms with van der Waals surface area (Å²) in [5.41, 5.74) is 4.67. The smallest absolute Gasteiger partial charge is 0.257 e. The number of benzene rings is 2. The molecule has 1 N–H and O–H groups in total. The normalized spacial score (nSPS) is 16.4. The molecule has 1 saturated heterocycles. The van der Waals surface area contributed by atoms with E-state index in [-0.39, 0.29) is 17.7 Å². The number of nitrogens with zero attached hydrogens (tertiary/aromatic N) is 1. The number of amides is 2. The number of rotatable bonds is 4. The highest BCUT2D eigenvalue weighted by Crippen LogP contribution is 2.25. The summed E-state index contributed by atoms with van der Waals surface area (Å²) in [5.74, 6) is -0.351. The van der Waals surface area contributed by atoms with Crippen molar-refractivity contribution in [2.75, 3.05) is 18.4 Å². The van der Waals surface area contributed by atoms with Crippen LogP contribution in [0.3, 0.4) is 0 Å². The molecule has 148 valence electrons. The Morgan fingerprint density at radius 3 is 2.62 bits per heavy atom. The maximum atomic E-state index is 12.9. The van der Waals surface area contributed by atoms with Crippen LogP contribution >= 0.6 is 0 Å². The highest BCUT2D eigenvalue weighted by atomic mass is 16.3. The third-order valence-electron chi connectivity index (χ3n) is 5.33. The number of likely N-dealkylation sites (tertiary alicyclic amines) is 1. The van der Waals surface area contributed by atoms with Crippen LogP contribution in [-0.4, -0.2) is 29.8 Å². The van der Waals surface area contributed by atoms with Crippen LogP contribution in [0.1, 0.15) is 28.8 Å². The second kappa shape index (κ2) is 8.35. The van der Waals surface area contributed by atoms with Gasteiger partial charge in [0.15, 0.2) is 0 Å². The minimum absolute atomic E-state index is 0.0453. The highest BCUT2D eigenvalue weighted by Gasteiger charge is 2.29. The largest absolute Gasteiger partial charge is 0.472 e. The van der Waals surface area contributed by atoms with Crippen LogP contribution in [0.5, 0.6) is 0 Å². The van der Waals surface area contributed by atoms with Gasteiger partial charge in [-0.05, 0) is 49.1 Å². The van der Waals surface area contributed by atoms with E-state index in [4.69, 9.17) is 4.42 Å². The molecule has 1 aromatic heterocycles. The molecule has 3 aromatic rings. The molecular formula is C24H24N2O3. The van der Waals surface area contributed by atoms with Crippen molar-refractivity contribution in [3.05, 3.63) is 78.3 Å². The molecule has 5 heteroatoms. The van der Waals surface area contributed by atoms with Crippen molar-refractivity contribution in [1.82, 2.24) is 4.90 Å². The van der Waals surface area contributed by atoms with Crippen LogP contribution in [0.15, 0.2) is 71.5 Å². The van der Waals surface area contributed by atoms with Gasteiger partial charge in [0.2, 0.25) is 5.91 Å². The van der Waals surface area contributed by atoms with E-state index in [2.05, 4.69) is 30.4 Å². The van der Waals surface area contributed by atoms with Gasteiger partial charge in [-0.2, -0.15) is 0 Å². The second-order valence-electron chi connectivity index (χ2n) is 7.54. The van der Waals surface area contributed by atoms with Crippen molar-refractivity contribution in [2.24, 2.45) is 5.92 Å². The maximum Gasteiger partial charge on any atom is 0.257 e. The fraction of sp³-hybridized carbons (Fsp3) is 0.250. The first-order valence-electron chi connectivity index (χ1n) is 9.89. The summed E-state index contributed by atoms with van der Waals surface area (Å²) in [4.78, 5) is 27.1. The van der Waals surface area contributed by atoms with Gasteiger partial charge in [-0.25, -0.2) is 0 Å². The lowest BCUT2D eigenvalue weighted by molar-refractivity contribution is -0.121. The Balaban J connectivity index is 1.44. The van der Waals surface area contributed by atoms with E-state index in [1.54, 1.807) is 11.0 Å². The van der Waals surface area contributed by atoms with Crippen molar-refractivity contribution in [2.45, 2.75) is 19.8 Å². The molecule has 1 fully saturated rings. The predicted octanol–water partition coefficient (Wildman–Crippen LogP) is 4.75.